The quantitative estimate of drug-likeness (QED) is 0.842. The van der Waals surface area contributed by atoms with Gasteiger partial charge in [-0.05, 0) is 11.4 Å². The zero-order chi connectivity index (χ0) is 12.8. The first kappa shape index (κ1) is 13.1. The first-order valence-electron chi connectivity index (χ1n) is 6.18. The fraction of sp³-hybridized carbons (Fsp3) is 0.462. The van der Waals surface area contributed by atoms with Gasteiger partial charge in [0.05, 0.1) is 0 Å². The Kier molecular flexibility index (Phi) is 4.78. The van der Waals surface area contributed by atoms with Gasteiger partial charge in [0.15, 0.2) is 0 Å². The molecule has 1 aromatic heterocycles. The van der Waals surface area contributed by atoms with E-state index in [9.17, 15) is 4.79 Å². The van der Waals surface area contributed by atoms with Crippen molar-refractivity contribution in [1.29, 1.82) is 0 Å². The normalized spacial score (nSPS) is 16.6. The SMILES string of the molecule is C=CCNC(=O)N1CCN(Cc2cccs2)CC1. The van der Waals surface area contributed by atoms with Crippen LogP contribution in [0, 0.1) is 0 Å². The van der Waals surface area contributed by atoms with Crippen LogP contribution in [0.3, 0.4) is 0 Å². The van der Waals surface area contributed by atoms with Crippen molar-refractivity contribution in [2.24, 2.45) is 0 Å². The van der Waals surface area contributed by atoms with E-state index < -0.39 is 0 Å². The van der Waals surface area contributed by atoms with Crippen LogP contribution in [0.25, 0.3) is 0 Å². The van der Waals surface area contributed by atoms with Crippen molar-refractivity contribution in [2.75, 3.05) is 32.7 Å². The van der Waals surface area contributed by atoms with E-state index in [0.717, 1.165) is 32.7 Å². The average molecular weight is 265 g/mol. The lowest BCUT2D eigenvalue weighted by Gasteiger charge is -2.34. The highest BCUT2D eigenvalue weighted by Gasteiger charge is 2.20. The summed E-state index contributed by atoms with van der Waals surface area (Å²) in [6.45, 7) is 8.61. The number of piperazine rings is 1. The highest BCUT2D eigenvalue weighted by atomic mass is 32.1. The van der Waals surface area contributed by atoms with Crippen LogP contribution in [0.4, 0.5) is 4.79 Å². The third-order valence-electron chi connectivity index (χ3n) is 3.02. The Balaban J connectivity index is 1.74. The number of hydrogen-bond donors (Lipinski definition) is 1. The largest absolute Gasteiger partial charge is 0.335 e. The van der Waals surface area contributed by atoms with E-state index in [1.165, 1.54) is 4.88 Å². The standard InChI is InChI=1S/C13H19N3OS/c1-2-5-14-13(17)16-8-6-15(7-9-16)11-12-4-3-10-18-12/h2-4,10H,1,5-9,11H2,(H,14,17). The Morgan fingerprint density at radius 1 is 1.44 bits per heavy atom. The molecule has 1 aromatic rings. The predicted molar refractivity (Wildman–Crippen MR) is 74.8 cm³/mol. The Labute approximate surface area is 112 Å². The molecule has 0 saturated carbocycles. The molecule has 1 fully saturated rings. The van der Waals surface area contributed by atoms with Crippen molar-refractivity contribution >= 4 is 17.4 Å². The highest BCUT2D eigenvalue weighted by Crippen LogP contribution is 2.13. The van der Waals surface area contributed by atoms with Gasteiger partial charge in [-0.25, -0.2) is 4.79 Å². The number of carbonyl (C=O) groups is 1. The van der Waals surface area contributed by atoms with Crippen LogP contribution in [0.2, 0.25) is 0 Å². The van der Waals surface area contributed by atoms with Crippen molar-refractivity contribution in [2.45, 2.75) is 6.54 Å². The van der Waals surface area contributed by atoms with Gasteiger partial charge in [-0.2, -0.15) is 0 Å². The Hall–Kier alpha value is -1.33. The summed E-state index contributed by atoms with van der Waals surface area (Å²) >= 11 is 1.79. The van der Waals surface area contributed by atoms with E-state index in [-0.39, 0.29) is 6.03 Å². The molecule has 0 unspecified atom stereocenters. The zero-order valence-electron chi connectivity index (χ0n) is 10.5. The third-order valence-corrected chi connectivity index (χ3v) is 3.88. The molecule has 2 amide bonds. The molecule has 0 atom stereocenters. The molecule has 0 aromatic carbocycles. The third kappa shape index (κ3) is 3.58. The van der Waals surface area contributed by atoms with Crippen molar-refractivity contribution in [3.63, 3.8) is 0 Å². The number of urea groups is 1. The van der Waals surface area contributed by atoms with E-state index in [1.807, 2.05) is 4.90 Å². The molecule has 1 aliphatic rings. The van der Waals surface area contributed by atoms with E-state index in [2.05, 4.69) is 34.3 Å². The summed E-state index contributed by atoms with van der Waals surface area (Å²) < 4.78 is 0. The van der Waals surface area contributed by atoms with E-state index >= 15 is 0 Å². The number of nitrogens with zero attached hydrogens (tertiary/aromatic N) is 2. The molecule has 0 aliphatic carbocycles. The van der Waals surface area contributed by atoms with Crippen molar-refractivity contribution in [3.8, 4) is 0 Å². The van der Waals surface area contributed by atoms with Crippen molar-refractivity contribution in [1.82, 2.24) is 15.1 Å². The maximum Gasteiger partial charge on any atom is 0.317 e. The minimum Gasteiger partial charge on any atom is -0.335 e. The van der Waals surface area contributed by atoms with Crippen molar-refractivity contribution < 1.29 is 4.79 Å². The molecule has 0 bridgehead atoms. The van der Waals surface area contributed by atoms with Crippen LogP contribution in [0.15, 0.2) is 30.2 Å². The fourth-order valence-electron chi connectivity index (χ4n) is 2.00. The number of nitrogens with one attached hydrogen (secondary N) is 1. The summed E-state index contributed by atoms with van der Waals surface area (Å²) in [7, 11) is 0. The lowest BCUT2D eigenvalue weighted by Crippen LogP contribution is -2.51. The topological polar surface area (TPSA) is 35.6 Å². The van der Waals surface area contributed by atoms with Gasteiger partial charge in [-0.15, -0.1) is 17.9 Å². The molecule has 1 aliphatic heterocycles. The van der Waals surface area contributed by atoms with Crippen molar-refractivity contribution in [3.05, 3.63) is 35.0 Å². The van der Waals surface area contributed by atoms with Crippen LogP contribution in [-0.2, 0) is 6.54 Å². The summed E-state index contributed by atoms with van der Waals surface area (Å²) in [5.41, 5.74) is 0. The molecular formula is C13H19N3OS. The Bertz CT molecular complexity index is 383. The smallest absolute Gasteiger partial charge is 0.317 e. The number of hydrogen-bond acceptors (Lipinski definition) is 3. The van der Waals surface area contributed by atoms with Gasteiger partial charge < -0.3 is 10.2 Å². The maximum atomic E-state index is 11.7. The van der Waals surface area contributed by atoms with Crippen LogP contribution >= 0.6 is 11.3 Å². The minimum atomic E-state index is 0.0191. The minimum absolute atomic E-state index is 0.0191. The Morgan fingerprint density at radius 3 is 2.83 bits per heavy atom. The second-order valence-electron chi connectivity index (χ2n) is 4.32. The summed E-state index contributed by atoms with van der Waals surface area (Å²) in [5.74, 6) is 0. The molecule has 1 saturated heterocycles. The van der Waals surface area contributed by atoms with Crippen LogP contribution in [0.1, 0.15) is 4.88 Å². The van der Waals surface area contributed by atoms with Crippen LogP contribution < -0.4 is 5.32 Å². The molecule has 18 heavy (non-hydrogen) atoms. The molecule has 2 heterocycles. The summed E-state index contributed by atoms with van der Waals surface area (Å²) in [5, 5.41) is 4.92. The highest BCUT2D eigenvalue weighted by molar-refractivity contribution is 7.09. The summed E-state index contributed by atoms with van der Waals surface area (Å²) in [4.78, 5) is 17.4. The predicted octanol–water partition coefficient (Wildman–Crippen LogP) is 1.76. The lowest BCUT2D eigenvalue weighted by molar-refractivity contribution is 0.136. The van der Waals surface area contributed by atoms with E-state index in [0.29, 0.717) is 6.54 Å². The van der Waals surface area contributed by atoms with Gasteiger partial charge in [0, 0.05) is 44.1 Å². The maximum absolute atomic E-state index is 11.7. The van der Waals surface area contributed by atoms with Gasteiger partial charge >= 0.3 is 6.03 Å². The van der Waals surface area contributed by atoms with Crippen LogP contribution in [-0.4, -0.2) is 48.6 Å². The summed E-state index contributed by atoms with van der Waals surface area (Å²) in [6, 6.07) is 4.26. The number of amides is 2. The molecule has 4 nitrogen and oxygen atoms in total. The summed E-state index contributed by atoms with van der Waals surface area (Å²) in [6.07, 6.45) is 1.70. The molecule has 98 valence electrons. The van der Waals surface area contributed by atoms with Gasteiger partial charge in [0.25, 0.3) is 0 Å². The number of thiophene rings is 1. The average Bonchev–Trinajstić information content (AvgIpc) is 2.89. The van der Waals surface area contributed by atoms with Gasteiger partial charge in [-0.1, -0.05) is 12.1 Å². The molecule has 1 N–H and O–H groups in total. The molecule has 0 radical (unpaired) electrons. The lowest BCUT2D eigenvalue weighted by atomic mass is 10.3. The van der Waals surface area contributed by atoms with E-state index in [4.69, 9.17) is 0 Å². The fourth-order valence-corrected chi connectivity index (χ4v) is 2.75. The number of carbonyl (C=O) groups excluding carboxylic acids is 1. The van der Waals surface area contributed by atoms with Crippen LogP contribution in [0.5, 0.6) is 0 Å². The molecule has 0 spiro atoms. The Morgan fingerprint density at radius 2 is 2.22 bits per heavy atom. The molecule has 5 heteroatoms. The molecular weight excluding hydrogens is 246 g/mol. The second kappa shape index (κ2) is 6.56. The second-order valence-corrected chi connectivity index (χ2v) is 5.35. The van der Waals surface area contributed by atoms with Gasteiger partial charge in [-0.3, -0.25) is 4.90 Å². The molecule has 2 rings (SSSR count). The first-order valence-corrected chi connectivity index (χ1v) is 7.06. The van der Waals surface area contributed by atoms with E-state index in [1.54, 1.807) is 17.4 Å². The first-order chi connectivity index (χ1) is 8.79. The zero-order valence-corrected chi connectivity index (χ0v) is 11.3. The number of rotatable bonds is 4. The monoisotopic (exact) mass is 265 g/mol. The van der Waals surface area contributed by atoms with Gasteiger partial charge in [0.1, 0.15) is 0 Å². The van der Waals surface area contributed by atoms with Gasteiger partial charge in [0.2, 0.25) is 0 Å².